The quantitative estimate of drug-likeness (QED) is 0.600. The molecule has 0 radical (unpaired) electrons. The van der Waals surface area contributed by atoms with Gasteiger partial charge in [0.15, 0.2) is 0 Å². The van der Waals surface area contributed by atoms with Crippen molar-refractivity contribution in [2.45, 2.75) is 78.4 Å². The van der Waals surface area contributed by atoms with Crippen LogP contribution in [0.15, 0.2) is 0 Å². The monoisotopic (exact) mass is 256 g/mol. The Morgan fingerprint density at radius 3 is 1.94 bits per heavy atom. The van der Waals surface area contributed by atoms with Gasteiger partial charge in [0, 0.05) is 0 Å². The highest BCUT2D eigenvalue weighted by atomic mass is 16.6. The van der Waals surface area contributed by atoms with E-state index in [1.165, 1.54) is 38.5 Å². The Morgan fingerprint density at radius 1 is 0.944 bits per heavy atom. The molecule has 2 saturated heterocycles. The van der Waals surface area contributed by atoms with Gasteiger partial charge < -0.3 is 9.47 Å². The van der Waals surface area contributed by atoms with Gasteiger partial charge in [0.1, 0.15) is 0 Å². The molecule has 2 nitrogen and oxygen atoms in total. The molecule has 18 heavy (non-hydrogen) atoms. The van der Waals surface area contributed by atoms with Crippen molar-refractivity contribution in [3.63, 3.8) is 0 Å². The van der Waals surface area contributed by atoms with Crippen molar-refractivity contribution in [1.82, 2.24) is 0 Å². The molecule has 108 valence electrons. The van der Waals surface area contributed by atoms with Crippen LogP contribution in [0, 0.1) is 11.8 Å². The average molecular weight is 256 g/mol. The molecule has 0 aliphatic carbocycles. The summed E-state index contributed by atoms with van der Waals surface area (Å²) in [5.74, 6) is 1.76. The van der Waals surface area contributed by atoms with Crippen molar-refractivity contribution < 1.29 is 9.47 Å². The molecule has 0 aromatic heterocycles. The third kappa shape index (κ3) is 9.90. The van der Waals surface area contributed by atoms with Crippen LogP contribution in [0.5, 0.6) is 0 Å². The Morgan fingerprint density at radius 2 is 1.50 bits per heavy atom. The lowest BCUT2D eigenvalue weighted by atomic mass is 10.0. The lowest BCUT2D eigenvalue weighted by molar-refractivity contribution is 0.370. The van der Waals surface area contributed by atoms with E-state index in [1.807, 2.05) is 0 Å². The van der Waals surface area contributed by atoms with Gasteiger partial charge in [-0.15, -0.1) is 0 Å². The molecule has 2 aliphatic heterocycles. The highest BCUT2D eigenvalue weighted by molar-refractivity contribution is 4.69. The molecule has 0 saturated carbocycles. The van der Waals surface area contributed by atoms with Gasteiger partial charge in [-0.25, -0.2) is 0 Å². The first-order valence-corrected chi connectivity index (χ1v) is 7.85. The number of hydrogen-bond acceptors (Lipinski definition) is 2. The summed E-state index contributed by atoms with van der Waals surface area (Å²) in [4.78, 5) is 0. The molecule has 0 spiro atoms. The smallest absolute Gasteiger partial charge is 0.0810 e. The Kier molecular flexibility index (Phi) is 7.92. The fourth-order valence-corrected chi connectivity index (χ4v) is 1.90. The van der Waals surface area contributed by atoms with Crippen molar-refractivity contribution >= 4 is 0 Å². The fraction of sp³-hybridized carbons (Fsp3) is 1.00. The molecule has 2 rings (SSSR count). The summed E-state index contributed by atoms with van der Waals surface area (Å²) in [6, 6.07) is 0. The lowest BCUT2D eigenvalue weighted by Gasteiger charge is -2.04. The molecule has 0 aromatic rings. The molecule has 2 heterocycles. The zero-order chi connectivity index (χ0) is 13.4. The van der Waals surface area contributed by atoms with Crippen LogP contribution in [0.1, 0.15) is 66.2 Å². The van der Waals surface area contributed by atoms with Gasteiger partial charge >= 0.3 is 0 Å². The largest absolute Gasteiger partial charge is 0.373 e. The highest BCUT2D eigenvalue weighted by Gasteiger charge is 2.22. The van der Waals surface area contributed by atoms with E-state index in [-0.39, 0.29) is 0 Å². The summed E-state index contributed by atoms with van der Waals surface area (Å²) in [5.41, 5.74) is 0. The third-order valence-electron chi connectivity index (χ3n) is 3.79. The Bertz CT molecular complexity index is 193. The van der Waals surface area contributed by atoms with E-state index in [2.05, 4.69) is 27.7 Å². The Hall–Kier alpha value is -0.0800. The molecule has 3 atom stereocenters. The molecule has 3 unspecified atom stereocenters. The van der Waals surface area contributed by atoms with E-state index in [0.717, 1.165) is 25.0 Å². The standard InChI is InChI=1S/2C8H16O/c1-7(2)4-3-5-8-6-9-8;1-3-7(2)4-5-8-6-9-8/h2*7-8H,3-6H2,1-2H3. The summed E-state index contributed by atoms with van der Waals surface area (Å²) in [5, 5.41) is 0. The van der Waals surface area contributed by atoms with Crippen LogP contribution in [-0.2, 0) is 9.47 Å². The predicted molar refractivity (Wildman–Crippen MR) is 76.9 cm³/mol. The van der Waals surface area contributed by atoms with Crippen molar-refractivity contribution in [3.05, 3.63) is 0 Å². The van der Waals surface area contributed by atoms with Gasteiger partial charge in [0.2, 0.25) is 0 Å². The summed E-state index contributed by atoms with van der Waals surface area (Å²) < 4.78 is 10.2. The molecule has 0 aromatic carbocycles. The molecule has 2 aliphatic rings. The predicted octanol–water partition coefficient (Wildman–Crippen LogP) is 4.42. The van der Waals surface area contributed by atoms with E-state index in [0.29, 0.717) is 12.2 Å². The van der Waals surface area contributed by atoms with Gasteiger partial charge in [0.05, 0.1) is 25.4 Å². The highest BCUT2D eigenvalue weighted by Crippen LogP contribution is 2.20. The van der Waals surface area contributed by atoms with E-state index in [1.54, 1.807) is 0 Å². The first-order valence-electron chi connectivity index (χ1n) is 7.85. The summed E-state index contributed by atoms with van der Waals surface area (Å²) in [6.45, 7) is 11.1. The van der Waals surface area contributed by atoms with Crippen molar-refractivity contribution in [1.29, 1.82) is 0 Å². The number of epoxide rings is 2. The zero-order valence-electron chi connectivity index (χ0n) is 12.8. The topological polar surface area (TPSA) is 25.1 Å². The molecule has 2 fully saturated rings. The Labute approximate surface area is 113 Å². The van der Waals surface area contributed by atoms with Crippen LogP contribution in [0.4, 0.5) is 0 Å². The van der Waals surface area contributed by atoms with Gasteiger partial charge in [-0.3, -0.25) is 0 Å². The number of hydrogen-bond donors (Lipinski definition) is 0. The van der Waals surface area contributed by atoms with E-state index in [4.69, 9.17) is 9.47 Å². The van der Waals surface area contributed by atoms with Gasteiger partial charge in [-0.05, 0) is 31.1 Å². The maximum atomic E-state index is 5.10. The van der Waals surface area contributed by atoms with E-state index < -0.39 is 0 Å². The first kappa shape index (κ1) is 16.0. The van der Waals surface area contributed by atoms with Gasteiger partial charge in [-0.2, -0.15) is 0 Å². The first-order chi connectivity index (χ1) is 8.61. The maximum absolute atomic E-state index is 5.10. The minimum Gasteiger partial charge on any atom is -0.373 e. The second-order valence-corrected chi connectivity index (χ2v) is 6.33. The van der Waals surface area contributed by atoms with Crippen LogP contribution in [0.2, 0.25) is 0 Å². The maximum Gasteiger partial charge on any atom is 0.0810 e. The van der Waals surface area contributed by atoms with Crippen LogP contribution in [0.3, 0.4) is 0 Å². The molecule has 0 N–H and O–H groups in total. The van der Waals surface area contributed by atoms with Crippen LogP contribution >= 0.6 is 0 Å². The molecule has 2 heteroatoms. The lowest BCUT2D eigenvalue weighted by Crippen LogP contribution is -1.94. The van der Waals surface area contributed by atoms with Crippen molar-refractivity contribution in [2.24, 2.45) is 11.8 Å². The van der Waals surface area contributed by atoms with Gasteiger partial charge in [0.25, 0.3) is 0 Å². The van der Waals surface area contributed by atoms with E-state index >= 15 is 0 Å². The Balaban J connectivity index is 0.000000180. The summed E-state index contributed by atoms with van der Waals surface area (Å²) in [7, 11) is 0. The normalized spacial score (nSPS) is 26.5. The summed E-state index contributed by atoms with van der Waals surface area (Å²) in [6.07, 6.45) is 9.23. The number of ether oxygens (including phenoxy) is 2. The second kappa shape index (κ2) is 8.92. The third-order valence-corrected chi connectivity index (χ3v) is 3.79. The molecular formula is C16H32O2. The molecule has 0 bridgehead atoms. The van der Waals surface area contributed by atoms with Crippen molar-refractivity contribution in [3.8, 4) is 0 Å². The van der Waals surface area contributed by atoms with E-state index in [9.17, 15) is 0 Å². The molecular weight excluding hydrogens is 224 g/mol. The van der Waals surface area contributed by atoms with Crippen LogP contribution in [0.25, 0.3) is 0 Å². The molecule has 0 amide bonds. The SMILES string of the molecule is CC(C)CCCC1CO1.CCC(C)CCC1CO1. The van der Waals surface area contributed by atoms with Crippen LogP contribution < -0.4 is 0 Å². The minimum absolute atomic E-state index is 0.638. The minimum atomic E-state index is 0.638. The van der Waals surface area contributed by atoms with Gasteiger partial charge in [-0.1, -0.05) is 47.0 Å². The van der Waals surface area contributed by atoms with Crippen LogP contribution in [-0.4, -0.2) is 25.4 Å². The van der Waals surface area contributed by atoms with Crippen molar-refractivity contribution in [2.75, 3.05) is 13.2 Å². The zero-order valence-corrected chi connectivity index (χ0v) is 12.8. The summed E-state index contributed by atoms with van der Waals surface area (Å²) >= 11 is 0. The second-order valence-electron chi connectivity index (χ2n) is 6.33. The fourth-order valence-electron chi connectivity index (χ4n) is 1.90. The number of rotatable bonds is 8. The average Bonchev–Trinajstić information content (AvgIpc) is 3.19.